The Bertz CT molecular complexity index is 1030. The third-order valence-corrected chi connectivity index (χ3v) is 4.06. The van der Waals surface area contributed by atoms with Crippen LogP contribution in [0.15, 0.2) is 83.6 Å². The zero-order chi connectivity index (χ0) is 18.5. The van der Waals surface area contributed by atoms with Crippen LogP contribution < -0.4 is 5.32 Å². The molecule has 0 bridgehead atoms. The number of pyridine rings is 1. The normalized spacial score (nSPS) is 10.5. The Labute approximate surface area is 155 Å². The van der Waals surface area contributed by atoms with Gasteiger partial charge in [0.25, 0.3) is 5.91 Å². The van der Waals surface area contributed by atoms with Crippen LogP contribution in [0, 0.1) is 0 Å². The molecule has 0 saturated heterocycles. The van der Waals surface area contributed by atoms with Crippen molar-refractivity contribution in [2.45, 2.75) is 6.54 Å². The maximum atomic E-state index is 12.3. The Kier molecular flexibility index (Phi) is 4.70. The molecule has 6 nitrogen and oxygen atoms in total. The number of nitrogens with zero attached hydrogens (tertiary/aromatic N) is 3. The fourth-order valence-corrected chi connectivity index (χ4v) is 2.65. The number of aromatic nitrogens is 3. The number of carbonyl (C=O) groups is 1. The van der Waals surface area contributed by atoms with Crippen LogP contribution in [0.25, 0.3) is 22.5 Å². The molecule has 2 aromatic heterocycles. The summed E-state index contributed by atoms with van der Waals surface area (Å²) in [5, 5.41) is 6.71. The number of carbonyl (C=O) groups excluding carboxylic acids is 1. The zero-order valence-corrected chi connectivity index (χ0v) is 14.4. The SMILES string of the molecule is O=C(NCc1nc(-c2ccncc2)no1)c1ccc(-c2ccccc2)cc1. The Morgan fingerprint density at radius 2 is 1.56 bits per heavy atom. The predicted molar refractivity (Wildman–Crippen MR) is 101 cm³/mol. The lowest BCUT2D eigenvalue weighted by Crippen LogP contribution is -2.22. The highest BCUT2D eigenvalue weighted by atomic mass is 16.5. The average molecular weight is 356 g/mol. The van der Waals surface area contributed by atoms with Crippen molar-refractivity contribution < 1.29 is 9.32 Å². The molecule has 0 radical (unpaired) electrons. The first-order chi connectivity index (χ1) is 13.3. The summed E-state index contributed by atoms with van der Waals surface area (Å²) in [6.07, 6.45) is 3.32. The van der Waals surface area contributed by atoms with Gasteiger partial charge >= 0.3 is 0 Å². The third-order valence-electron chi connectivity index (χ3n) is 4.06. The standard InChI is InChI=1S/C21H16N4O2/c26-21(18-8-6-16(7-9-18)15-4-2-1-3-5-15)23-14-19-24-20(25-27-19)17-10-12-22-13-11-17/h1-13H,14H2,(H,23,26). The van der Waals surface area contributed by atoms with Crippen molar-refractivity contribution in [2.75, 3.05) is 0 Å². The van der Waals surface area contributed by atoms with E-state index in [-0.39, 0.29) is 12.5 Å². The quantitative estimate of drug-likeness (QED) is 0.589. The first-order valence-corrected chi connectivity index (χ1v) is 8.46. The largest absolute Gasteiger partial charge is 0.343 e. The van der Waals surface area contributed by atoms with Gasteiger partial charge in [0.1, 0.15) is 0 Å². The number of nitrogens with one attached hydrogen (secondary N) is 1. The minimum absolute atomic E-state index is 0.164. The number of hydrogen-bond acceptors (Lipinski definition) is 5. The van der Waals surface area contributed by atoms with E-state index < -0.39 is 0 Å². The number of rotatable bonds is 5. The fraction of sp³-hybridized carbons (Fsp3) is 0.0476. The molecular formula is C21H16N4O2. The molecule has 0 fully saturated rings. The Morgan fingerprint density at radius 3 is 2.30 bits per heavy atom. The fourth-order valence-electron chi connectivity index (χ4n) is 2.65. The lowest BCUT2D eigenvalue weighted by molar-refractivity contribution is 0.0946. The van der Waals surface area contributed by atoms with Gasteiger partial charge in [-0.3, -0.25) is 9.78 Å². The molecule has 4 aromatic rings. The van der Waals surface area contributed by atoms with Crippen LogP contribution in [0.4, 0.5) is 0 Å². The van der Waals surface area contributed by atoms with E-state index in [1.807, 2.05) is 42.5 Å². The minimum atomic E-state index is -0.196. The van der Waals surface area contributed by atoms with E-state index in [2.05, 4.69) is 20.4 Å². The molecule has 4 rings (SSSR count). The van der Waals surface area contributed by atoms with Crippen LogP contribution in [-0.4, -0.2) is 21.0 Å². The van der Waals surface area contributed by atoms with Crippen LogP contribution >= 0.6 is 0 Å². The van der Waals surface area contributed by atoms with Gasteiger partial charge in [-0.05, 0) is 35.4 Å². The number of benzene rings is 2. The van der Waals surface area contributed by atoms with E-state index in [1.165, 1.54) is 0 Å². The van der Waals surface area contributed by atoms with Crippen molar-refractivity contribution in [3.05, 3.63) is 90.6 Å². The Morgan fingerprint density at radius 1 is 0.852 bits per heavy atom. The van der Waals surface area contributed by atoms with E-state index in [0.717, 1.165) is 16.7 Å². The summed E-state index contributed by atoms with van der Waals surface area (Å²) in [5.41, 5.74) is 3.55. The maximum absolute atomic E-state index is 12.3. The smallest absolute Gasteiger partial charge is 0.251 e. The third kappa shape index (κ3) is 3.90. The van der Waals surface area contributed by atoms with Crippen LogP contribution in [0.3, 0.4) is 0 Å². The molecule has 1 N–H and O–H groups in total. The van der Waals surface area contributed by atoms with Gasteiger partial charge in [0.15, 0.2) is 0 Å². The van der Waals surface area contributed by atoms with Crippen LogP contribution in [0.5, 0.6) is 0 Å². The first kappa shape index (κ1) is 16.7. The van der Waals surface area contributed by atoms with Crippen LogP contribution in [0.1, 0.15) is 16.2 Å². The topological polar surface area (TPSA) is 80.9 Å². The zero-order valence-electron chi connectivity index (χ0n) is 14.4. The van der Waals surface area contributed by atoms with Crippen LogP contribution in [-0.2, 0) is 6.54 Å². The lowest BCUT2D eigenvalue weighted by Gasteiger charge is -2.05. The molecule has 132 valence electrons. The van der Waals surface area contributed by atoms with E-state index in [9.17, 15) is 4.79 Å². The van der Waals surface area contributed by atoms with Crippen molar-refractivity contribution in [2.24, 2.45) is 0 Å². The second-order valence-corrected chi connectivity index (χ2v) is 5.87. The van der Waals surface area contributed by atoms with E-state index in [1.54, 1.807) is 36.7 Å². The van der Waals surface area contributed by atoms with E-state index in [4.69, 9.17) is 4.52 Å². The van der Waals surface area contributed by atoms with Gasteiger partial charge in [-0.15, -0.1) is 0 Å². The summed E-state index contributed by atoms with van der Waals surface area (Å²) in [5.74, 6) is 0.614. The minimum Gasteiger partial charge on any atom is -0.343 e. The summed E-state index contributed by atoms with van der Waals surface area (Å²) in [6, 6.07) is 21.1. The van der Waals surface area contributed by atoms with Gasteiger partial charge in [-0.2, -0.15) is 4.98 Å². The van der Waals surface area contributed by atoms with Crippen molar-refractivity contribution in [3.8, 4) is 22.5 Å². The predicted octanol–water partition coefficient (Wildman–Crippen LogP) is 3.73. The molecule has 27 heavy (non-hydrogen) atoms. The van der Waals surface area contributed by atoms with Crippen molar-refractivity contribution in [1.82, 2.24) is 20.4 Å². The molecule has 0 unspecified atom stereocenters. The average Bonchev–Trinajstić information content (AvgIpc) is 3.22. The van der Waals surface area contributed by atoms with Gasteiger partial charge in [0.2, 0.25) is 11.7 Å². The molecule has 1 amide bonds. The lowest BCUT2D eigenvalue weighted by atomic mass is 10.0. The van der Waals surface area contributed by atoms with Crippen molar-refractivity contribution in [3.63, 3.8) is 0 Å². The maximum Gasteiger partial charge on any atom is 0.251 e. The second-order valence-electron chi connectivity index (χ2n) is 5.87. The van der Waals surface area contributed by atoms with Gasteiger partial charge in [0, 0.05) is 23.5 Å². The van der Waals surface area contributed by atoms with Gasteiger partial charge < -0.3 is 9.84 Å². The molecule has 0 aliphatic rings. The summed E-state index contributed by atoms with van der Waals surface area (Å²) in [6.45, 7) is 0.164. The highest BCUT2D eigenvalue weighted by Gasteiger charge is 2.11. The molecule has 2 aromatic carbocycles. The van der Waals surface area contributed by atoms with Crippen molar-refractivity contribution >= 4 is 5.91 Å². The molecule has 0 spiro atoms. The highest BCUT2D eigenvalue weighted by Crippen LogP contribution is 2.19. The molecule has 6 heteroatoms. The second kappa shape index (κ2) is 7.61. The van der Waals surface area contributed by atoms with Crippen LogP contribution in [0.2, 0.25) is 0 Å². The van der Waals surface area contributed by atoms with Gasteiger partial charge in [-0.1, -0.05) is 47.6 Å². The molecule has 0 aliphatic carbocycles. The van der Waals surface area contributed by atoms with Gasteiger partial charge in [0.05, 0.1) is 6.54 Å². The Hall–Kier alpha value is -3.80. The summed E-state index contributed by atoms with van der Waals surface area (Å²) < 4.78 is 5.19. The molecule has 0 atom stereocenters. The summed E-state index contributed by atoms with van der Waals surface area (Å²) in [4.78, 5) is 20.6. The summed E-state index contributed by atoms with van der Waals surface area (Å²) in [7, 11) is 0. The molecule has 2 heterocycles. The summed E-state index contributed by atoms with van der Waals surface area (Å²) >= 11 is 0. The molecular weight excluding hydrogens is 340 g/mol. The number of hydrogen-bond donors (Lipinski definition) is 1. The highest BCUT2D eigenvalue weighted by molar-refractivity contribution is 5.94. The molecule has 0 saturated carbocycles. The Balaban J connectivity index is 1.39. The van der Waals surface area contributed by atoms with E-state index in [0.29, 0.717) is 17.3 Å². The van der Waals surface area contributed by atoms with Crippen molar-refractivity contribution in [1.29, 1.82) is 0 Å². The monoisotopic (exact) mass is 356 g/mol. The van der Waals surface area contributed by atoms with Gasteiger partial charge in [-0.25, -0.2) is 0 Å². The first-order valence-electron chi connectivity index (χ1n) is 8.46. The molecule has 0 aliphatic heterocycles. The number of amides is 1. The van der Waals surface area contributed by atoms with E-state index >= 15 is 0 Å².